The van der Waals surface area contributed by atoms with E-state index < -0.39 is 0 Å². The van der Waals surface area contributed by atoms with Gasteiger partial charge < -0.3 is 15.0 Å². The smallest absolute Gasteiger partial charge is 0.106 e. The fraction of sp³-hybridized carbons (Fsp3) is 0.750. The minimum Gasteiger partial charge on any atom is -0.378 e. The highest BCUT2D eigenvalue weighted by atomic mass is 16.5. The van der Waals surface area contributed by atoms with Crippen molar-refractivity contribution in [3.63, 3.8) is 0 Å². The Kier molecular flexibility index (Phi) is 3.61. The molecular weight excluding hydrogens is 202 g/mol. The van der Waals surface area contributed by atoms with Crippen LogP contribution in [-0.4, -0.2) is 29.7 Å². The fourth-order valence-electron chi connectivity index (χ4n) is 2.10. The predicted octanol–water partition coefficient (Wildman–Crippen LogP) is 1.58. The van der Waals surface area contributed by atoms with Crippen LogP contribution in [0, 0.1) is 12.8 Å². The number of ether oxygens (including phenoxy) is 1. The summed E-state index contributed by atoms with van der Waals surface area (Å²) < 4.78 is 5.47. The first kappa shape index (κ1) is 11.6. The van der Waals surface area contributed by atoms with Gasteiger partial charge in [-0.25, -0.2) is 4.98 Å². The van der Waals surface area contributed by atoms with Gasteiger partial charge in [-0.2, -0.15) is 0 Å². The monoisotopic (exact) mass is 223 g/mol. The largest absolute Gasteiger partial charge is 0.378 e. The summed E-state index contributed by atoms with van der Waals surface area (Å²) in [6.45, 7) is 8.95. The van der Waals surface area contributed by atoms with E-state index in [0.717, 1.165) is 37.7 Å². The summed E-state index contributed by atoms with van der Waals surface area (Å²) in [6, 6.07) is 0.255. The highest BCUT2D eigenvalue weighted by Crippen LogP contribution is 2.18. The maximum atomic E-state index is 5.47. The van der Waals surface area contributed by atoms with Gasteiger partial charge in [0.2, 0.25) is 0 Å². The van der Waals surface area contributed by atoms with Crippen LogP contribution in [0.5, 0.6) is 0 Å². The highest BCUT2D eigenvalue weighted by Gasteiger charge is 2.20. The molecule has 1 aromatic rings. The van der Waals surface area contributed by atoms with E-state index in [0.29, 0.717) is 5.92 Å². The van der Waals surface area contributed by atoms with Crippen LogP contribution in [0.3, 0.4) is 0 Å². The molecule has 4 nitrogen and oxygen atoms in total. The number of imidazole rings is 1. The zero-order chi connectivity index (χ0) is 11.5. The number of H-pyrrole nitrogens is 1. The van der Waals surface area contributed by atoms with Gasteiger partial charge in [0.15, 0.2) is 0 Å². The first-order valence-corrected chi connectivity index (χ1v) is 6.03. The Morgan fingerprint density at radius 1 is 1.50 bits per heavy atom. The molecule has 1 aromatic heterocycles. The van der Waals surface area contributed by atoms with E-state index in [1.807, 2.05) is 0 Å². The van der Waals surface area contributed by atoms with Crippen molar-refractivity contribution in [3.8, 4) is 0 Å². The van der Waals surface area contributed by atoms with Crippen molar-refractivity contribution in [3.05, 3.63) is 17.2 Å². The van der Waals surface area contributed by atoms with E-state index in [1.165, 1.54) is 5.69 Å². The Hall–Kier alpha value is -0.870. The Morgan fingerprint density at radius 2 is 2.31 bits per heavy atom. The van der Waals surface area contributed by atoms with Crippen LogP contribution < -0.4 is 5.32 Å². The SMILES string of the molecule is Cc1[nH]c(CC(C)C)nc1C1COCCN1. The van der Waals surface area contributed by atoms with Crippen LogP contribution in [-0.2, 0) is 11.2 Å². The Morgan fingerprint density at radius 3 is 2.94 bits per heavy atom. The molecule has 1 unspecified atom stereocenters. The number of aryl methyl sites for hydroxylation is 1. The fourth-order valence-corrected chi connectivity index (χ4v) is 2.10. The maximum Gasteiger partial charge on any atom is 0.106 e. The first-order valence-electron chi connectivity index (χ1n) is 6.03. The summed E-state index contributed by atoms with van der Waals surface area (Å²) in [7, 11) is 0. The molecule has 0 radical (unpaired) electrons. The lowest BCUT2D eigenvalue weighted by Crippen LogP contribution is -2.35. The molecule has 1 atom stereocenters. The van der Waals surface area contributed by atoms with Crippen LogP contribution in [0.4, 0.5) is 0 Å². The van der Waals surface area contributed by atoms with Crippen LogP contribution in [0.15, 0.2) is 0 Å². The van der Waals surface area contributed by atoms with E-state index in [2.05, 4.69) is 36.1 Å². The molecule has 1 fully saturated rings. The number of aromatic amines is 1. The average molecular weight is 223 g/mol. The number of nitrogens with zero attached hydrogens (tertiary/aromatic N) is 1. The van der Waals surface area contributed by atoms with E-state index in [4.69, 9.17) is 4.74 Å². The van der Waals surface area contributed by atoms with Crippen molar-refractivity contribution in [2.24, 2.45) is 5.92 Å². The Balaban J connectivity index is 2.10. The summed E-state index contributed by atoms with van der Waals surface area (Å²) in [5.74, 6) is 1.73. The van der Waals surface area contributed by atoms with Crippen LogP contribution in [0.1, 0.15) is 37.1 Å². The predicted molar refractivity (Wildman–Crippen MR) is 63.4 cm³/mol. The lowest BCUT2D eigenvalue weighted by Gasteiger charge is -2.22. The van der Waals surface area contributed by atoms with Crippen LogP contribution in [0.2, 0.25) is 0 Å². The minimum absolute atomic E-state index is 0.255. The third kappa shape index (κ3) is 2.62. The summed E-state index contributed by atoms with van der Waals surface area (Å²) >= 11 is 0. The van der Waals surface area contributed by atoms with Gasteiger partial charge >= 0.3 is 0 Å². The van der Waals surface area contributed by atoms with Gasteiger partial charge in [-0.05, 0) is 12.8 Å². The van der Waals surface area contributed by atoms with Gasteiger partial charge in [-0.15, -0.1) is 0 Å². The first-order chi connectivity index (χ1) is 7.66. The van der Waals surface area contributed by atoms with Crippen LogP contribution >= 0.6 is 0 Å². The van der Waals surface area contributed by atoms with Crippen molar-refractivity contribution in [2.75, 3.05) is 19.8 Å². The number of hydrogen-bond acceptors (Lipinski definition) is 3. The standard InChI is InChI=1S/C12H21N3O/c1-8(2)6-11-14-9(3)12(15-11)10-7-16-5-4-13-10/h8,10,13H,4-7H2,1-3H3,(H,14,15). The zero-order valence-electron chi connectivity index (χ0n) is 10.3. The number of hydrogen-bond donors (Lipinski definition) is 2. The van der Waals surface area contributed by atoms with E-state index in [-0.39, 0.29) is 6.04 Å². The molecule has 16 heavy (non-hydrogen) atoms. The van der Waals surface area contributed by atoms with Crippen LogP contribution in [0.25, 0.3) is 0 Å². The van der Waals surface area contributed by atoms with Gasteiger partial charge in [0.1, 0.15) is 5.82 Å². The molecule has 0 saturated carbocycles. The molecule has 1 aliphatic rings. The lowest BCUT2D eigenvalue weighted by molar-refractivity contribution is 0.0755. The number of rotatable bonds is 3. The average Bonchev–Trinajstić information content (AvgIpc) is 2.60. The molecule has 2 N–H and O–H groups in total. The Bertz CT molecular complexity index is 340. The lowest BCUT2D eigenvalue weighted by atomic mass is 10.1. The molecule has 4 heteroatoms. The summed E-state index contributed by atoms with van der Waals surface area (Å²) in [5, 5.41) is 3.44. The highest BCUT2D eigenvalue weighted by molar-refractivity contribution is 5.18. The maximum absolute atomic E-state index is 5.47. The van der Waals surface area contributed by atoms with E-state index >= 15 is 0 Å². The van der Waals surface area contributed by atoms with Gasteiger partial charge in [-0.3, -0.25) is 0 Å². The molecular formula is C12H21N3O. The molecule has 0 aromatic carbocycles. The van der Waals surface area contributed by atoms with Gasteiger partial charge in [0.05, 0.1) is 24.9 Å². The third-order valence-corrected chi connectivity index (χ3v) is 2.82. The minimum atomic E-state index is 0.255. The third-order valence-electron chi connectivity index (χ3n) is 2.82. The van der Waals surface area contributed by atoms with E-state index in [1.54, 1.807) is 0 Å². The van der Waals surface area contributed by atoms with Gasteiger partial charge in [0, 0.05) is 18.7 Å². The summed E-state index contributed by atoms with van der Waals surface area (Å²) in [5.41, 5.74) is 2.29. The van der Waals surface area contributed by atoms with Gasteiger partial charge in [0.25, 0.3) is 0 Å². The van der Waals surface area contributed by atoms with E-state index in [9.17, 15) is 0 Å². The van der Waals surface area contributed by atoms with Crippen molar-refractivity contribution in [1.29, 1.82) is 0 Å². The molecule has 1 aliphatic heterocycles. The second kappa shape index (κ2) is 4.97. The summed E-state index contributed by atoms with van der Waals surface area (Å²) in [6.07, 6.45) is 1.01. The summed E-state index contributed by atoms with van der Waals surface area (Å²) in [4.78, 5) is 8.04. The molecule has 0 spiro atoms. The molecule has 0 aliphatic carbocycles. The quantitative estimate of drug-likeness (QED) is 0.818. The number of morpholine rings is 1. The zero-order valence-corrected chi connectivity index (χ0v) is 10.3. The molecule has 1 saturated heterocycles. The number of aromatic nitrogens is 2. The Labute approximate surface area is 96.8 Å². The molecule has 2 heterocycles. The van der Waals surface area contributed by atoms with Crippen molar-refractivity contribution < 1.29 is 4.74 Å². The molecule has 90 valence electrons. The van der Waals surface area contributed by atoms with Crippen molar-refractivity contribution >= 4 is 0 Å². The normalized spacial score (nSPS) is 21.6. The van der Waals surface area contributed by atoms with Crippen molar-refractivity contribution in [2.45, 2.75) is 33.2 Å². The topological polar surface area (TPSA) is 49.9 Å². The molecule has 2 rings (SSSR count). The molecule has 0 amide bonds. The second-order valence-corrected chi connectivity index (χ2v) is 4.87. The molecule has 0 bridgehead atoms. The second-order valence-electron chi connectivity index (χ2n) is 4.87. The van der Waals surface area contributed by atoms with Crippen molar-refractivity contribution in [1.82, 2.24) is 15.3 Å². The van der Waals surface area contributed by atoms with Gasteiger partial charge in [-0.1, -0.05) is 13.8 Å². The number of nitrogens with one attached hydrogen (secondary N) is 2.